The van der Waals surface area contributed by atoms with Crippen LogP contribution in [0, 0.1) is 6.92 Å². The number of pyridine rings is 1. The number of hydrogen-bond acceptors (Lipinski definition) is 3. The van der Waals surface area contributed by atoms with Crippen molar-refractivity contribution in [3.63, 3.8) is 0 Å². The number of carbonyl (C=O) groups excluding carboxylic acids is 1. The summed E-state index contributed by atoms with van der Waals surface area (Å²) in [6, 6.07) is 7.16. The lowest BCUT2D eigenvalue weighted by Crippen LogP contribution is -2.24. The lowest BCUT2D eigenvalue weighted by atomic mass is 10.1. The van der Waals surface area contributed by atoms with Gasteiger partial charge >= 0.3 is 0 Å². The average molecular weight is 304 g/mol. The third-order valence-electron chi connectivity index (χ3n) is 3.17. The van der Waals surface area contributed by atoms with Crippen LogP contribution in [0.4, 0.5) is 5.69 Å². The third kappa shape index (κ3) is 3.95. The normalized spacial score (nSPS) is 10.2. The lowest BCUT2D eigenvalue weighted by molar-refractivity contribution is 0.0951. The number of anilines is 1. The predicted octanol–water partition coefficient (Wildman–Crippen LogP) is 3.41. The van der Waals surface area contributed by atoms with Crippen LogP contribution < -0.4 is 10.6 Å². The Hall–Kier alpha value is -2.07. The summed E-state index contributed by atoms with van der Waals surface area (Å²) in [5.74, 6) is -0.148. The lowest BCUT2D eigenvalue weighted by Gasteiger charge is -2.12. The summed E-state index contributed by atoms with van der Waals surface area (Å²) >= 11 is 5.99. The molecular weight excluding hydrogens is 286 g/mol. The van der Waals surface area contributed by atoms with Crippen molar-refractivity contribution in [2.75, 3.05) is 11.9 Å². The van der Waals surface area contributed by atoms with Crippen LogP contribution in [0.5, 0.6) is 0 Å². The first kappa shape index (κ1) is 15.3. The first-order chi connectivity index (χ1) is 10.1. The Labute approximate surface area is 129 Å². The average Bonchev–Trinajstić information content (AvgIpc) is 2.48. The fourth-order valence-electron chi connectivity index (χ4n) is 2.02. The molecule has 0 saturated heterocycles. The summed E-state index contributed by atoms with van der Waals surface area (Å²) in [6.45, 7) is 5.16. The van der Waals surface area contributed by atoms with Gasteiger partial charge in [0.2, 0.25) is 0 Å². The Morgan fingerprint density at radius 1 is 1.33 bits per heavy atom. The van der Waals surface area contributed by atoms with Crippen LogP contribution in [0.2, 0.25) is 5.02 Å². The Kier molecular flexibility index (Phi) is 5.17. The molecular formula is C16H18ClN3O. The molecule has 5 heteroatoms. The molecule has 0 aliphatic rings. The summed E-state index contributed by atoms with van der Waals surface area (Å²) in [5, 5.41) is 6.62. The van der Waals surface area contributed by atoms with E-state index in [4.69, 9.17) is 11.6 Å². The van der Waals surface area contributed by atoms with E-state index in [1.54, 1.807) is 24.5 Å². The SMILES string of the molecule is CCNc1ccc(Cl)cc1C(=O)NCc1ccncc1C. The Balaban J connectivity index is 2.13. The molecule has 0 aliphatic carbocycles. The quantitative estimate of drug-likeness (QED) is 0.890. The van der Waals surface area contributed by atoms with E-state index in [0.717, 1.165) is 23.4 Å². The molecule has 2 rings (SSSR count). The molecule has 0 atom stereocenters. The summed E-state index contributed by atoms with van der Waals surface area (Å²) in [5.41, 5.74) is 3.43. The Morgan fingerprint density at radius 3 is 2.86 bits per heavy atom. The zero-order chi connectivity index (χ0) is 15.2. The van der Waals surface area contributed by atoms with Crippen LogP contribution >= 0.6 is 11.6 Å². The van der Waals surface area contributed by atoms with Crippen molar-refractivity contribution in [2.45, 2.75) is 20.4 Å². The van der Waals surface area contributed by atoms with Gasteiger partial charge < -0.3 is 10.6 Å². The molecule has 110 valence electrons. The van der Waals surface area contributed by atoms with Crippen molar-refractivity contribution in [3.05, 3.63) is 58.4 Å². The Morgan fingerprint density at radius 2 is 2.14 bits per heavy atom. The number of nitrogens with one attached hydrogen (secondary N) is 2. The van der Waals surface area contributed by atoms with E-state index in [1.165, 1.54) is 0 Å². The van der Waals surface area contributed by atoms with Crippen LogP contribution in [0.3, 0.4) is 0 Å². The molecule has 2 aromatic rings. The number of aromatic nitrogens is 1. The van der Waals surface area contributed by atoms with Crippen LogP contribution in [0.15, 0.2) is 36.7 Å². The van der Waals surface area contributed by atoms with Gasteiger partial charge in [-0.15, -0.1) is 0 Å². The second kappa shape index (κ2) is 7.09. The highest BCUT2D eigenvalue weighted by molar-refractivity contribution is 6.31. The van der Waals surface area contributed by atoms with Gasteiger partial charge in [-0.1, -0.05) is 11.6 Å². The van der Waals surface area contributed by atoms with Crippen LogP contribution in [0.1, 0.15) is 28.4 Å². The maximum Gasteiger partial charge on any atom is 0.253 e. The van der Waals surface area contributed by atoms with Crippen LogP contribution in [-0.2, 0) is 6.54 Å². The highest BCUT2D eigenvalue weighted by atomic mass is 35.5. The maximum absolute atomic E-state index is 12.4. The largest absolute Gasteiger partial charge is 0.385 e. The first-order valence-electron chi connectivity index (χ1n) is 6.83. The summed E-state index contributed by atoms with van der Waals surface area (Å²) < 4.78 is 0. The second-order valence-corrected chi connectivity index (χ2v) is 5.14. The number of amides is 1. The van der Waals surface area contributed by atoms with Crippen molar-refractivity contribution in [3.8, 4) is 0 Å². The highest BCUT2D eigenvalue weighted by Gasteiger charge is 2.12. The fourth-order valence-corrected chi connectivity index (χ4v) is 2.19. The first-order valence-corrected chi connectivity index (χ1v) is 7.20. The monoisotopic (exact) mass is 303 g/mol. The summed E-state index contributed by atoms with van der Waals surface area (Å²) in [7, 11) is 0. The van der Waals surface area contributed by atoms with Gasteiger partial charge in [0, 0.05) is 36.2 Å². The number of aryl methyl sites for hydroxylation is 1. The molecule has 0 bridgehead atoms. The highest BCUT2D eigenvalue weighted by Crippen LogP contribution is 2.20. The zero-order valence-corrected chi connectivity index (χ0v) is 12.9. The molecule has 0 fully saturated rings. The van der Waals surface area contributed by atoms with Gasteiger partial charge in [-0.05, 0) is 49.2 Å². The number of carbonyl (C=O) groups is 1. The van der Waals surface area contributed by atoms with E-state index in [2.05, 4.69) is 15.6 Å². The molecule has 0 spiro atoms. The van der Waals surface area contributed by atoms with E-state index in [-0.39, 0.29) is 5.91 Å². The van der Waals surface area contributed by atoms with Gasteiger partial charge in [0.15, 0.2) is 0 Å². The van der Waals surface area contributed by atoms with Gasteiger partial charge in [0.1, 0.15) is 0 Å². The molecule has 4 nitrogen and oxygen atoms in total. The summed E-state index contributed by atoms with van der Waals surface area (Å²) in [4.78, 5) is 16.4. The van der Waals surface area contributed by atoms with Crippen molar-refractivity contribution < 1.29 is 4.79 Å². The number of benzene rings is 1. The van der Waals surface area contributed by atoms with Crippen molar-refractivity contribution >= 4 is 23.2 Å². The van der Waals surface area contributed by atoms with E-state index in [9.17, 15) is 4.79 Å². The molecule has 1 amide bonds. The molecule has 1 heterocycles. The molecule has 2 N–H and O–H groups in total. The van der Waals surface area contributed by atoms with Gasteiger partial charge in [0.05, 0.1) is 5.56 Å². The van der Waals surface area contributed by atoms with Gasteiger partial charge in [-0.3, -0.25) is 9.78 Å². The van der Waals surface area contributed by atoms with Gasteiger partial charge in [-0.25, -0.2) is 0 Å². The van der Waals surface area contributed by atoms with Gasteiger partial charge in [0.25, 0.3) is 5.91 Å². The molecule has 0 aliphatic heterocycles. The second-order valence-electron chi connectivity index (χ2n) is 4.71. The molecule has 1 aromatic carbocycles. The van der Waals surface area contributed by atoms with Crippen molar-refractivity contribution in [2.24, 2.45) is 0 Å². The number of nitrogens with zero attached hydrogens (tertiary/aromatic N) is 1. The van der Waals surface area contributed by atoms with Crippen molar-refractivity contribution in [1.82, 2.24) is 10.3 Å². The number of rotatable bonds is 5. The smallest absolute Gasteiger partial charge is 0.253 e. The summed E-state index contributed by atoms with van der Waals surface area (Å²) in [6.07, 6.45) is 3.50. The molecule has 1 aromatic heterocycles. The van der Waals surface area contributed by atoms with Crippen LogP contribution in [0.25, 0.3) is 0 Å². The number of halogens is 1. The maximum atomic E-state index is 12.4. The van der Waals surface area contributed by atoms with E-state index < -0.39 is 0 Å². The Bertz CT molecular complexity index is 643. The van der Waals surface area contributed by atoms with Crippen LogP contribution in [-0.4, -0.2) is 17.4 Å². The number of hydrogen-bond donors (Lipinski definition) is 2. The molecule has 0 saturated carbocycles. The van der Waals surface area contributed by atoms with E-state index >= 15 is 0 Å². The standard InChI is InChI=1S/C16H18ClN3O/c1-3-19-15-5-4-13(17)8-14(15)16(21)20-10-12-6-7-18-9-11(12)2/h4-9,19H,3,10H2,1-2H3,(H,20,21). The minimum Gasteiger partial charge on any atom is -0.385 e. The van der Waals surface area contributed by atoms with E-state index in [0.29, 0.717) is 17.1 Å². The third-order valence-corrected chi connectivity index (χ3v) is 3.40. The fraction of sp³-hybridized carbons (Fsp3) is 0.250. The predicted molar refractivity (Wildman–Crippen MR) is 85.8 cm³/mol. The molecule has 0 unspecified atom stereocenters. The minimum absolute atomic E-state index is 0.148. The molecule has 0 radical (unpaired) electrons. The zero-order valence-electron chi connectivity index (χ0n) is 12.1. The van der Waals surface area contributed by atoms with Crippen molar-refractivity contribution in [1.29, 1.82) is 0 Å². The topological polar surface area (TPSA) is 54.0 Å². The van der Waals surface area contributed by atoms with Gasteiger partial charge in [-0.2, -0.15) is 0 Å². The van der Waals surface area contributed by atoms with E-state index in [1.807, 2.05) is 26.0 Å². The minimum atomic E-state index is -0.148. The molecule has 21 heavy (non-hydrogen) atoms.